The van der Waals surface area contributed by atoms with E-state index >= 15 is 0 Å². The maximum Gasteiger partial charge on any atom is 0.416 e. The highest BCUT2D eigenvalue weighted by Gasteiger charge is 2.62. The van der Waals surface area contributed by atoms with Crippen LogP contribution in [0.3, 0.4) is 0 Å². The van der Waals surface area contributed by atoms with E-state index < -0.39 is 23.3 Å². The second-order valence-corrected chi connectivity index (χ2v) is 9.58. The van der Waals surface area contributed by atoms with Gasteiger partial charge < -0.3 is 15.1 Å². The van der Waals surface area contributed by atoms with Gasteiger partial charge in [0.15, 0.2) is 0 Å². The average Bonchev–Trinajstić information content (AvgIpc) is 3.37. The molecule has 0 spiro atoms. The van der Waals surface area contributed by atoms with Crippen LogP contribution < -0.4 is 15.7 Å². The topological polar surface area (TPSA) is 76.5 Å². The second kappa shape index (κ2) is 8.32. The summed E-state index contributed by atoms with van der Waals surface area (Å²) in [5.74, 6) is 0.355. The number of benzene rings is 1. The van der Waals surface area contributed by atoms with Crippen LogP contribution in [0.2, 0.25) is 0 Å². The van der Waals surface area contributed by atoms with Gasteiger partial charge in [-0.05, 0) is 42.4 Å². The molecular formula is C24H29F3N4O3. The molecule has 1 amide bonds. The maximum absolute atomic E-state index is 13.3. The minimum Gasteiger partial charge on any atom is -0.411 e. The van der Waals surface area contributed by atoms with E-state index in [0.29, 0.717) is 29.7 Å². The Labute approximate surface area is 195 Å². The van der Waals surface area contributed by atoms with Gasteiger partial charge in [0.2, 0.25) is 11.9 Å². The fourth-order valence-corrected chi connectivity index (χ4v) is 5.04. The van der Waals surface area contributed by atoms with Crippen LogP contribution in [0.5, 0.6) is 0 Å². The molecule has 1 aromatic heterocycles. The van der Waals surface area contributed by atoms with Gasteiger partial charge in [-0.25, -0.2) is 4.98 Å². The highest BCUT2D eigenvalue weighted by atomic mass is 19.4. The number of halogens is 3. The Morgan fingerprint density at radius 2 is 1.94 bits per heavy atom. The molecule has 1 aliphatic carbocycles. The van der Waals surface area contributed by atoms with Crippen molar-refractivity contribution in [1.29, 1.82) is 0 Å². The van der Waals surface area contributed by atoms with E-state index in [-0.39, 0.29) is 35.8 Å². The molecule has 1 saturated carbocycles. The molecule has 1 aromatic carbocycles. The highest BCUT2D eigenvalue weighted by molar-refractivity contribution is 5.77. The van der Waals surface area contributed by atoms with Crippen molar-refractivity contribution < 1.29 is 22.8 Å². The maximum atomic E-state index is 13.3. The number of fused-ring (bicyclic) bond motifs is 2. The lowest BCUT2D eigenvalue weighted by molar-refractivity contribution is -0.137. The van der Waals surface area contributed by atoms with E-state index in [4.69, 9.17) is 9.82 Å². The minimum absolute atomic E-state index is 0.00470. The van der Waals surface area contributed by atoms with Crippen LogP contribution in [0.4, 0.5) is 19.1 Å². The number of carbonyl (C=O) groups excluding carboxylic acids is 1. The number of alkyl halides is 3. The van der Waals surface area contributed by atoms with Crippen LogP contribution in [-0.2, 0) is 23.9 Å². The summed E-state index contributed by atoms with van der Waals surface area (Å²) < 4.78 is 39.7. The molecule has 0 saturated heterocycles. The number of hydrogen-bond donors (Lipinski definition) is 1. The number of anilines is 1. The molecule has 3 atom stereocenters. The Morgan fingerprint density at radius 3 is 2.50 bits per heavy atom. The number of nitrogens with one attached hydrogen (secondary N) is 1. The fraction of sp³-hybridized carbons (Fsp3) is 0.542. The molecule has 4 rings (SSSR count). The van der Waals surface area contributed by atoms with E-state index in [2.05, 4.69) is 19.2 Å². The van der Waals surface area contributed by atoms with Crippen molar-refractivity contribution in [3.8, 4) is 0 Å². The molecule has 7 nitrogen and oxygen atoms in total. The third-order valence-electron chi connectivity index (χ3n) is 7.18. The Kier molecular flexibility index (Phi) is 5.90. The van der Waals surface area contributed by atoms with Crippen LogP contribution in [0, 0.1) is 11.3 Å². The van der Waals surface area contributed by atoms with Crippen LogP contribution in [-0.4, -0.2) is 33.7 Å². The summed E-state index contributed by atoms with van der Waals surface area (Å²) in [6.07, 6.45) is -3.50. The molecule has 2 heterocycles. The number of rotatable bonds is 5. The van der Waals surface area contributed by atoms with Crippen molar-refractivity contribution >= 4 is 11.9 Å². The summed E-state index contributed by atoms with van der Waals surface area (Å²) in [4.78, 5) is 37.8. The molecule has 1 N–H and O–H groups in total. The molecule has 10 heteroatoms. The van der Waals surface area contributed by atoms with Crippen molar-refractivity contribution in [2.45, 2.75) is 65.3 Å². The van der Waals surface area contributed by atoms with Crippen molar-refractivity contribution in [3.05, 3.63) is 57.0 Å². The molecule has 34 heavy (non-hydrogen) atoms. The molecular weight excluding hydrogens is 449 g/mol. The van der Waals surface area contributed by atoms with E-state index in [1.54, 1.807) is 18.7 Å². The highest BCUT2D eigenvalue weighted by Crippen LogP contribution is 2.58. The summed E-state index contributed by atoms with van der Waals surface area (Å²) in [7, 11) is 1.34. The van der Waals surface area contributed by atoms with Crippen molar-refractivity contribution in [2.75, 3.05) is 12.4 Å². The molecule has 1 aliphatic heterocycles. The van der Waals surface area contributed by atoms with Gasteiger partial charge in [0.05, 0.1) is 29.4 Å². The number of nitrogens with zero attached hydrogens (tertiary/aromatic N) is 3. The predicted molar refractivity (Wildman–Crippen MR) is 120 cm³/mol. The van der Waals surface area contributed by atoms with E-state index in [1.165, 1.54) is 19.2 Å². The Balaban J connectivity index is 1.68. The fourth-order valence-electron chi connectivity index (χ4n) is 5.04. The Bertz CT molecular complexity index is 1160. The largest absolute Gasteiger partial charge is 0.416 e. The standard InChI is InChI=1S/C24H29F3N4O3/c1-6-19(32)30-12-16-18(11-17-20(30)23(17,3)4)29-22(31(34-5)21(16)33)28-13(2)14-7-9-15(10-8-14)24(25,26)27/h7-10,13,17,20H,6,11-12H2,1-5H3,(H,28,29). The van der Waals surface area contributed by atoms with Crippen LogP contribution in [0.15, 0.2) is 29.1 Å². The first-order chi connectivity index (χ1) is 15.9. The van der Waals surface area contributed by atoms with Crippen molar-refractivity contribution in [1.82, 2.24) is 14.6 Å². The van der Waals surface area contributed by atoms with Gasteiger partial charge in [0.1, 0.15) is 7.11 Å². The zero-order chi connectivity index (χ0) is 25.0. The van der Waals surface area contributed by atoms with Crippen molar-refractivity contribution in [3.63, 3.8) is 0 Å². The first-order valence-corrected chi connectivity index (χ1v) is 11.3. The molecule has 3 unspecified atom stereocenters. The smallest absolute Gasteiger partial charge is 0.411 e. The number of carbonyl (C=O) groups is 1. The predicted octanol–water partition coefficient (Wildman–Crippen LogP) is 3.81. The summed E-state index contributed by atoms with van der Waals surface area (Å²) in [5, 5.41) is 3.11. The van der Waals surface area contributed by atoms with Crippen LogP contribution in [0.1, 0.15) is 62.5 Å². The zero-order valence-electron chi connectivity index (χ0n) is 19.9. The molecule has 184 valence electrons. The minimum atomic E-state index is -4.41. The van der Waals surface area contributed by atoms with Crippen LogP contribution >= 0.6 is 0 Å². The number of aromatic nitrogens is 2. The van der Waals surface area contributed by atoms with Crippen LogP contribution in [0.25, 0.3) is 0 Å². The van der Waals surface area contributed by atoms with Gasteiger partial charge in [0, 0.05) is 12.5 Å². The summed E-state index contributed by atoms with van der Waals surface area (Å²) in [6, 6.07) is 4.44. The Morgan fingerprint density at radius 1 is 1.29 bits per heavy atom. The van der Waals surface area contributed by atoms with Gasteiger partial charge in [-0.2, -0.15) is 13.2 Å². The van der Waals surface area contributed by atoms with Crippen molar-refractivity contribution in [2.24, 2.45) is 11.3 Å². The SMILES string of the molecule is CCC(=O)N1Cc2c(nc(NC(C)c3ccc(C(F)(F)F)cc3)n(OC)c2=O)CC2C1C2(C)C. The normalized spacial score (nSPS) is 21.7. The lowest BCUT2D eigenvalue weighted by atomic mass is 10.0. The summed E-state index contributed by atoms with van der Waals surface area (Å²) in [6.45, 7) is 7.98. The third-order valence-corrected chi connectivity index (χ3v) is 7.18. The first-order valence-electron chi connectivity index (χ1n) is 11.3. The lowest BCUT2D eigenvalue weighted by Gasteiger charge is -2.25. The summed E-state index contributed by atoms with van der Waals surface area (Å²) in [5.41, 5.74) is 0.451. The molecule has 2 aliphatic rings. The van der Waals surface area contributed by atoms with Gasteiger partial charge in [-0.15, -0.1) is 4.73 Å². The Hall–Kier alpha value is -3.04. The summed E-state index contributed by atoms with van der Waals surface area (Å²) >= 11 is 0. The lowest BCUT2D eigenvalue weighted by Crippen LogP contribution is -2.39. The average molecular weight is 479 g/mol. The number of hydrogen-bond acceptors (Lipinski definition) is 5. The molecule has 0 bridgehead atoms. The third kappa shape index (κ3) is 4.03. The van der Waals surface area contributed by atoms with Gasteiger partial charge >= 0.3 is 6.18 Å². The van der Waals surface area contributed by atoms with E-state index in [0.717, 1.165) is 16.9 Å². The van der Waals surface area contributed by atoms with Gasteiger partial charge in [0.25, 0.3) is 5.56 Å². The first kappa shape index (κ1) is 24.1. The van der Waals surface area contributed by atoms with Gasteiger partial charge in [-0.3, -0.25) is 9.59 Å². The van der Waals surface area contributed by atoms with E-state index in [1.807, 2.05) is 0 Å². The molecule has 1 fully saturated rings. The molecule has 0 radical (unpaired) electrons. The number of amides is 1. The quantitative estimate of drug-likeness (QED) is 0.707. The van der Waals surface area contributed by atoms with E-state index in [9.17, 15) is 22.8 Å². The zero-order valence-corrected chi connectivity index (χ0v) is 19.9. The van der Waals surface area contributed by atoms with Gasteiger partial charge in [-0.1, -0.05) is 32.9 Å². The second-order valence-electron chi connectivity index (χ2n) is 9.58. The molecule has 2 aromatic rings. The monoisotopic (exact) mass is 478 g/mol.